The SMILES string of the molecule is CCOc1ccc(-c2ccccc2)cc1NCC(O)CCl. The standard InChI is InChI=1S/C17H20ClNO2/c1-2-21-17-9-8-14(13-6-4-3-5-7-13)10-16(17)19-12-15(20)11-18/h3-10,15,19-20H,2,11-12H2,1H3. The lowest BCUT2D eigenvalue weighted by Gasteiger charge is -2.16. The molecular formula is C17H20ClNO2. The second-order valence-electron chi connectivity index (χ2n) is 4.70. The third kappa shape index (κ3) is 4.38. The number of benzene rings is 2. The highest BCUT2D eigenvalue weighted by atomic mass is 35.5. The number of nitrogens with one attached hydrogen (secondary N) is 1. The minimum Gasteiger partial charge on any atom is -0.492 e. The van der Waals surface area contributed by atoms with Gasteiger partial charge < -0.3 is 15.2 Å². The van der Waals surface area contributed by atoms with E-state index in [4.69, 9.17) is 16.3 Å². The van der Waals surface area contributed by atoms with Gasteiger partial charge in [0, 0.05) is 6.54 Å². The lowest BCUT2D eigenvalue weighted by Crippen LogP contribution is -2.21. The van der Waals surface area contributed by atoms with Gasteiger partial charge in [-0.1, -0.05) is 36.4 Å². The number of hydrogen-bond acceptors (Lipinski definition) is 3. The van der Waals surface area contributed by atoms with E-state index in [1.54, 1.807) is 0 Å². The van der Waals surface area contributed by atoms with Gasteiger partial charge in [0.2, 0.25) is 0 Å². The molecule has 3 nitrogen and oxygen atoms in total. The molecule has 0 amide bonds. The molecule has 0 bridgehead atoms. The van der Waals surface area contributed by atoms with Crippen LogP contribution in [0.25, 0.3) is 11.1 Å². The number of halogens is 1. The highest BCUT2D eigenvalue weighted by molar-refractivity contribution is 6.18. The van der Waals surface area contributed by atoms with E-state index >= 15 is 0 Å². The molecule has 0 fully saturated rings. The zero-order chi connectivity index (χ0) is 15.1. The molecule has 2 rings (SSSR count). The first-order valence-electron chi connectivity index (χ1n) is 7.04. The largest absolute Gasteiger partial charge is 0.492 e. The van der Waals surface area contributed by atoms with Crippen molar-refractivity contribution in [2.24, 2.45) is 0 Å². The average molecular weight is 306 g/mol. The maximum Gasteiger partial charge on any atom is 0.142 e. The van der Waals surface area contributed by atoms with Crippen LogP contribution in [0.5, 0.6) is 5.75 Å². The van der Waals surface area contributed by atoms with Gasteiger partial charge in [-0.3, -0.25) is 0 Å². The monoisotopic (exact) mass is 305 g/mol. The Morgan fingerprint density at radius 1 is 1.14 bits per heavy atom. The summed E-state index contributed by atoms with van der Waals surface area (Å²) in [4.78, 5) is 0. The molecule has 2 aromatic rings. The number of ether oxygens (including phenoxy) is 1. The zero-order valence-corrected chi connectivity index (χ0v) is 12.8. The average Bonchev–Trinajstić information content (AvgIpc) is 2.54. The van der Waals surface area contributed by atoms with E-state index in [0.29, 0.717) is 13.2 Å². The van der Waals surface area contributed by atoms with E-state index in [1.807, 2.05) is 43.3 Å². The van der Waals surface area contributed by atoms with Crippen LogP contribution in [0.15, 0.2) is 48.5 Å². The highest BCUT2D eigenvalue weighted by Gasteiger charge is 2.08. The van der Waals surface area contributed by atoms with Gasteiger partial charge in [-0.2, -0.15) is 0 Å². The molecule has 0 aromatic heterocycles. The van der Waals surface area contributed by atoms with Crippen LogP contribution in [0.4, 0.5) is 5.69 Å². The molecule has 0 saturated carbocycles. The summed E-state index contributed by atoms with van der Waals surface area (Å²) in [6.45, 7) is 2.93. The van der Waals surface area contributed by atoms with Crippen LogP contribution >= 0.6 is 11.6 Å². The molecule has 0 aliphatic heterocycles. The smallest absolute Gasteiger partial charge is 0.142 e. The van der Waals surface area contributed by atoms with E-state index < -0.39 is 6.10 Å². The Labute approximate surface area is 130 Å². The quantitative estimate of drug-likeness (QED) is 0.765. The Hall–Kier alpha value is -1.71. The Bertz CT molecular complexity index is 560. The van der Waals surface area contributed by atoms with Crippen molar-refractivity contribution in [3.05, 3.63) is 48.5 Å². The third-order valence-corrected chi connectivity index (χ3v) is 3.45. The van der Waals surface area contributed by atoms with Crippen molar-refractivity contribution in [2.45, 2.75) is 13.0 Å². The highest BCUT2D eigenvalue weighted by Crippen LogP contribution is 2.30. The molecule has 112 valence electrons. The number of alkyl halides is 1. The van der Waals surface area contributed by atoms with Crippen molar-refractivity contribution in [1.29, 1.82) is 0 Å². The topological polar surface area (TPSA) is 41.5 Å². The van der Waals surface area contributed by atoms with Crippen molar-refractivity contribution >= 4 is 17.3 Å². The minimum atomic E-state index is -0.582. The van der Waals surface area contributed by atoms with Gasteiger partial charge in [0.05, 0.1) is 24.3 Å². The first kappa shape index (κ1) is 15.7. The number of aliphatic hydroxyl groups excluding tert-OH is 1. The number of aliphatic hydroxyl groups is 1. The summed E-state index contributed by atoms with van der Waals surface area (Å²) >= 11 is 5.63. The lowest BCUT2D eigenvalue weighted by atomic mass is 10.0. The predicted octanol–water partition coefficient (Wildman–Crippen LogP) is 3.76. The van der Waals surface area contributed by atoms with E-state index in [1.165, 1.54) is 0 Å². The summed E-state index contributed by atoms with van der Waals surface area (Å²) in [7, 11) is 0. The number of anilines is 1. The molecule has 0 spiro atoms. The van der Waals surface area contributed by atoms with E-state index in [9.17, 15) is 5.11 Å². The van der Waals surface area contributed by atoms with Crippen molar-refractivity contribution < 1.29 is 9.84 Å². The fraction of sp³-hybridized carbons (Fsp3) is 0.294. The summed E-state index contributed by atoms with van der Waals surface area (Å²) in [6.07, 6.45) is -0.582. The van der Waals surface area contributed by atoms with Crippen LogP contribution in [-0.2, 0) is 0 Å². The number of hydrogen-bond donors (Lipinski definition) is 2. The summed E-state index contributed by atoms with van der Waals surface area (Å²) in [5.41, 5.74) is 3.10. The Morgan fingerprint density at radius 2 is 1.90 bits per heavy atom. The first-order chi connectivity index (χ1) is 10.2. The summed E-state index contributed by atoms with van der Waals surface area (Å²) in [5.74, 6) is 0.981. The zero-order valence-electron chi connectivity index (χ0n) is 12.1. The van der Waals surface area contributed by atoms with E-state index in [2.05, 4.69) is 17.4 Å². The number of rotatable bonds is 7. The molecule has 4 heteroatoms. The molecule has 0 aliphatic carbocycles. The molecular weight excluding hydrogens is 286 g/mol. The van der Waals surface area contributed by atoms with Crippen LogP contribution in [0.3, 0.4) is 0 Å². The van der Waals surface area contributed by atoms with Gasteiger partial charge in [0.1, 0.15) is 5.75 Å². The minimum absolute atomic E-state index is 0.204. The second kappa shape index (κ2) is 7.91. The Balaban J connectivity index is 2.25. The Morgan fingerprint density at radius 3 is 2.57 bits per heavy atom. The maximum atomic E-state index is 9.59. The molecule has 1 atom stereocenters. The normalized spacial score (nSPS) is 12.0. The maximum absolute atomic E-state index is 9.59. The van der Waals surface area contributed by atoms with Gasteiger partial charge in [0.15, 0.2) is 0 Å². The molecule has 0 saturated heterocycles. The van der Waals surface area contributed by atoms with Crippen LogP contribution in [-0.4, -0.2) is 30.2 Å². The predicted molar refractivity (Wildman–Crippen MR) is 88.3 cm³/mol. The third-order valence-electron chi connectivity index (χ3n) is 3.09. The molecule has 1 unspecified atom stereocenters. The molecule has 0 heterocycles. The van der Waals surface area contributed by atoms with E-state index in [0.717, 1.165) is 22.6 Å². The molecule has 0 aliphatic rings. The summed E-state index contributed by atoms with van der Waals surface area (Å²) < 4.78 is 5.62. The Kier molecular flexibility index (Phi) is 5.90. The van der Waals surface area contributed by atoms with Crippen molar-refractivity contribution in [3.8, 4) is 16.9 Å². The van der Waals surface area contributed by atoms with Crippen LogP contribution in [0.2, 0.25) is 0 Å². The fourth-order valence-electron chi connectivity index (χ4n) is 2.04. The van der Waals surface area contributed by atoms with Gasteiger partial charge >= 0.3 is 0 Å². The van der Waals surface area contributed by atoms with Crippen LogP contribution in [0, 0.1) is 0 Å². The van der Waals surface area contributed by atoms with Gasteiger partial charge in [0.25, 0.3) is 0 Å². The summed E-state index contributed by atoms with van der Waals surface area (Å²) in [5, 5.41) is 12.8. The van der Waals surface area contributed by atoms with Crippen molar-refractivity contribution in [3.63, 3.8) is 0 Å². The fourth-order valence-corrected chi connectivity index (χ4v) is 2.15. The molecule has 21 heavy (non-hydrogen) atoms. The van der Waals surface area contributed by atoms with Crippen LogP contribution < -0.4 is 10.1 Å². The lowest BCUT2D eigenvalue weighted by molar-refractivity contribution is 0.211. The second-order valence-corrected chi connectivity index (χ2v) is 5.01. The van der Waals surface area contributed by atoms with Crippen molar-refractivity contribution in [2.75, 3.05) is 24.3 Å². The molecule has 2 aromatic carbocycles. The molecule has 2 N–H and O–H groups in total. The molecule has 0 radical (unpaired) electrons. The summed E-state index contributed by atoms with van der Waals surface area (Å²) in [6, 6.07) is 16.1. The van der Waals surface area contributed by atoms with Crippen molar-refractivity contribution in [1.82, 2.24) is 0 Å². The first-order valence-corrected chi connectivity index (χ1v) is 7.58. The van der Waals surface area contributed by atoms with E-state index in [-0.39, 0.29) is 5.88 Å². The van der Waals surface area contributed by atoms with Gasteiger partial charge in [-0.25, -0.2) is 0 Å². The van der Waals surface area contributed by atoms with Gasteiger partial charge in [-0.05, 0) is 30.2 Å². The van der Waals surface area contributed by atoms with Crippen LogP contribution in [0.1, 0.15) is 6.92 Å². The van der Waals surface area contributed by atoms with Gasteiger partial charge in [-0.15, -0.1) is 11.6 Å².